The number of rotatable bonds is 4. The highest BCUT2D eigenvalue weighted by Crippen LogP contribution is 2.43. The predicted octanol–water partition coefficient (Wildman–Crippen LogP) is 2.36. The summed E-state index contributed by atoms with van der Waals surface area (Å²) in [5, 5.41) is 12.4. The molecule has 0 unspecified atom stereocenters. The molecule has 2 N–H and O–H groups in total. The van der Waals surface area contributed by atoms with E-state index in [0.717, 1.165) is 24.0 Å². The van der Waals surface area contributed by atoms with Crippen LogP contribution >= 0.6 is 0 Å². The van der Waals surface area contributed by atoms with E-state index in [2.05, 4.69) is 11.4 Å². The van der Waals surface area contributed by atoms with E-state index in [9.17, 15) is 14.7 Å². The molecule has 124 valence electrons. The molecule has 2 aliphatic heterocycles. The van der Waals surface area contributed by atoms with Gasteiger partial charge in [0.05, 0.1) is 30.1 Å². The number of carboxylic acid groups (broad SMARTS) is 1. The van der Waals surface area contributed by atoms with Crippen molar-refractivity contribution in [2.45, 2.75) is 51.9 Å². The Morgan fingerprint density at radius 3 is 2.48 bits per heavy atom. The maximum Gasteiger partial charge on any atom is 0.310 e. The lowest BCUT2D eigenvalue weighted by molar-refractivity contribution is -0.148. The van der Waals surface area contributed by atoms with Crippen molar-refractivity contribution in [3.8, 4) is 0 Å². The number of hydrogen-bond donors (Lipinski definition) is 2. The largest absolute Gasteiger partial charge is 0.481 e. The molecule has 5 heteroatoms. The maximum absolute atomic E-state index is 12.7. The molecule has 5 nitrogen and oxygen atoms in total. The lowest BCUT2D eigenvalue weighted by atomic mass is 9.78. The molecule has 2 heterocycles. The Kier molecular flexibility index (Phi) is 4.15. The smallest absolute Gasteiger partial charge is 0.310 e. The third kappa shape index (κ3) is 2.85. The predicted molar refractivity (Wildman–Crippen MR) is 85.0 cm³/mol. The Morgan fingerprint density at radius 1 is 1.22 bits per heavy atom. The second kappa shape index (κ2) is 5.96. The molecule has 0 radical (unpaired) electrons. The lowest BCUT2D eigenvalue weighted by Crippen LogP contribution is -2.44. The highest BCUT2D eigenvalue weighted by molar-refractivity contribution is 5.86. The van der Waals surface area contributed by atoms with E-state index in [1.54, 1.807) is 0 Å². The summed E-state index contributed by atoms with van der Waals surface area (Å²) >= 11 is 0. The fraction of sp³-hybridized carbons (Fsp3) is 0.556. The van der Waals surface area contributed by atoms with Gasteiger partial charge < -0.3 is 15.2 Å². The first-order chi connectivity index (χ1) is 10.9. The zero-order valence-corrected chi connectivity index (χ0v) is 13.7. The van der Waals surface area contributed by atoms with Crippen LogP contribution in [0.1, 0.15) is 42.5 Å². The van der Waals surface area contributed by atoms with Gasteiger partial charge in [-0.05, 0) is 44.7 Å². The average molecular weight is 317 g/mol. The summed E-state index contributed by atoms with van der Waals surface area (Å²) < 4.78 is 5.67. The Bertz CT molecular complexity index is 642. The molecular weight excluding hydrogens is 294 g/mol. The number of aliphatic carboxylic acids is 1. The highest BCUT2D eigenvalue weighted by Gasteiger charge is 2.55. The molecule has 0 spiro atoms. The summed E-state index contributed by atoms with van der Waals surface area (Å²) in [6.07, 6.45) is 0.930. The van der Waals surface area contributed by atoms with Crippen molar-refractivity contribution in [2.75, 3.05) is 0 Å². The average Bonchev–Trinajstić information content (AvgIpc) is 3.07. The monoisotopic (exact) mass is 317 g/mol. The van der Waals surface area contributed by atoms with Crippen molar-refractivity contribution in [3.63, 3.8) is 0 Å². The summed E-state index contributed by atoms with van der Waals surface area (Å²) in [6, 6.07) is 5.96. The second-order valence-corrected chi connectivity index (χ2v) is 6.77. The van der Waals surface area contributed by atoms with Gasteiger partial charge >= 0.3 is 5.97 Å². The van der Waals surface area contributed by atoms with Gasteiger partial charge in [-0.3, -0.25) is 9.59 Å². The van der Waals surface area contributed by atoms with Crippen LogP contribution in [0.15, 0.2) is 18.2 Å². The molecule has 23 heavy (non-hydrogen) atoms. The van der Waals surface area contributed by atoms with Crippen LogP contribution < -0.4 is 5.32 Å². The maximum atomic E-state index is 12.7. The van der Waals surface area contributed by atoms with E-state index in [1.807, 2.05) is 32.9 Å². The van der Waals surface area contributed by atoms with Crippen molar-refractivity contribution in [3.05, 3.63) is 34.9 Å². The summed E-state index contributed by atoms with van der Waals surface area (Å²) in [7, 11) is 0. The zero-order valence-electron chi connectivity index (χ0n) is 13.7. The molecule has 2 saturated heterocycles. The first-order valence-electron chi connectivity index (χ1n) is 8.14. The van der Waals surface area contributed by atoms with E-state index in [1.165, 1.54) is 5.56 Å². The Labute approximate surface area is 136 Å². The van der Waals surface area contributed by atoms with E-state index in [-0.39, 0.29) is 24.2 Å². The number of carbonyl (C=O) groups excluding carboxylic acids is 1. The van der Waals surface area contributed by atoms with Gasteiger partial charge in [0.2, 0.25) is 5.91 Å². The normalized spacial score (nSPS) is 30.2. The molecule has 2 fully saturated rings. The third-order valence-corrected chi connectivity index (χ3v) is 5.11. The van der Waals surface area contributed by atoms with Crippen LogP contribution in [0, 0.1) is 25.7 Å². The molecule has 2 aliphatic rings. The number of carboxylic acids is 1. The fourth-order valence-electron chi connectivity index (χ4n) is 4.02. The van der Waals surface area contributed by atoms with Crippen molar-refractivity contribution in [1.82, 2.24) is 5.32 Å². The molecule has 0 aliphatic carbocycles. The topological polar surface area (TPSA) is 75.6 Å². The number of benzene rings is 1. The van der Waals surface area contributed by atoms with Gasteiger partial charge in [-0.2, -0.15) is 0 Å². The summed E-state index contributed by atoms with van der Waals surface area (Å²) in [5.74, 6) is -2.45. The number of carbonyl (C=O) groups is 2. The molecule has 0 saturated carbocycles. The molecule has 1 aromatic carbocycles. The number of nitrogens with one attached hydrogen (secondary N) is 1. The Morgan fingerprint density at radius 2 is 1.87 bits per heavy atom. The molecule has 2 bridgehead atoms. The van der Waals surface area contributed by atoms with Gasteiger partial charge in [0, 0.05) is 0 Å². The molecule has 3 rings (SSSR count). The molecule has 0 aromatic heterocycles. The number of fused-ring (bicyclic) bond motifs is 2. The third-order valence-electron chi connectivity index (χ3n) is 5.11. The molecule has 1 amide bonds. The van der Waals surface area contributed by atoms with Crippen LogP contribution in [-0.4, -0.2) is 29.2 Å². The first kappa shape index (κ1) is 16.0. The fourth-order valence-corrected chi connectivity index (χ4v) is 4.02. The SMILES string of the molecule is Cc1ccc([C@H](C)NC(=O)[C@@H]2[C@@H](C(=O)O)[C@H]3CC[C@@H]2O3)c(C)c1. The summed E-state index contributed by atoms with van der Waals surface area (Å²) in [5.41, 5.74) is 3.36. The van der Waals surface area contributed by atoms with Crippen molar-refractivity contribution >= 4 is 11.9 Å². The quantitative estimate of drug-likeness (QED) is 0.894. The zero-order chi connectivity index (χ0) is 16.7. The van der Waals surface area contributed by atoms with E-state index in [4.69, 9.17) is 4.74 Å². The summed E-state index contributed by atoms with van der Waals surface area (Å²) in [4.78, 5) is 24.2. The Hall–Kier alpha value is -1.88. The highest BCUT2D eigenvalue weighted by atomic mass is 16.5. The van der Waals surface area contributed by atoms with E-state index < -0.39 is 17.8 Å². The van der Waals surface area contributed by atoms with Gasteiger partial charge in [0.15, 0.2) is 0 Å². The van der Waals surface area contributed by atoms with E-state index >= 15 is 0 Å². The molecular formula is C18H23NO4. The van der Waals surface area contributed by atoms with Crippen LogP contribution in [0.25, 0.3) is 0 Å². The van der Waals surface area contributed by atoms with Gasteiger partial charge in [0.1, 0.15) is 0 Å². The van der Waals surface area contributed by atoms with Gasteiger partial charge in [-0.25, -0.2) is 0 Å². The summed E-state index contributed by atoms with van der Waals surface area (Å²) in [6.45, 7) is 5.98. The van der Waals surface area contributed by atoms with Gasteiger partial charge in [-0.1, -0.05) is 23.8 Å². The minimum atomic E-state index is -0.934. The van der Waals surface area contributed by atoms with Crippen LogP contribution in [0.5, 0.6) is 0 Å². The van der Waals surface area contributed by atoms with Gasteiger partial charge in [0.25, 0.3) is 0 Å². The first-order valence-corrected chi connectivity index (χ1v) is 8.14. The number of amides is 1. The van der Waals surface area contributed by atoms with Crippen molar-refractivity contribution in [1.29, 1.82) is 0 Å². The molecule has 1 aromatic rings. The van der Waals surface area contributed by atoms with Gasteiger partial charge in [-0.15, -0.1) is 0 Å². The number of aryl methyl sites for hydroxylation is 2. The van der Waals surface area contributed by atoms with Crippen LogP contribution in [0.2, 0.25) is 0 Å². The number of hydrogen-bond acceptors (Lipinski definition) is 3. The van der Waals surface area contributed by atoms with Crippen molar-refractivity contribution in [2.24, 2.45) is 11.8 Å². The molecule has 5 atom stereocenters. The van der Waals surface area contributed by atoms with Crippen LogP contribution in [0.3, 0.4) is 0 Å². The van der Waals surface area contributed by atoms with Crippen LogP contribution in [-0.2, 0) is 14.3 Å². The lowest BCUT2D eigenvalue weighted by Gasteiger charge is -2.26. The standard InChI is InChI=1S/C18H23NO4/c1-9-4-5-12(10(2)8-9)11(3)19-17(20)15-13-6-7-14(23-13)16(15)18(21)22/h4-5,8,11,13-16H,6-7H2,1-3H3,(H,19,20)(H,21,22)/t11-,13-,14+,15-,16-/m0/s1. The second-order valence-electron chi connectivity index (χ2n) is 6.77. The van der Waals surface area contributed by atoms with Crippen molar-refractivity contribution < 1.29 is 19.4 Å². The van der Waals surface area contributed by atoms with E-state index in [0.29, 0.717) is 0 Å². The van der Waals surface area contributed by atoms with Crippen LogP contribution in [0.4, 0.5) is 0 Å². The minimum Gasteiger partial charge on any atom is -0.481 e. The number of ether oxygens (including phenoxy) is 1. The Balaban J connectivity index is 1.74. The minimum absolute atomic E-state index is 0.156.